The summed E-state index contributed by atoms with van der Waals surface area (Å²) in [6.07, 6.45) is 1.73. The summed E-state index contributed by atoms with van der Waals surface area (Å²) in [5.74, 6) is 0.426. The van der Waals surface area contributed by atoms with Crippen LogP contribution in [0.3, 0.4) is 0 Å². The lowest BCUT2D eigenvalue weighted by Crippen LogP contribution is -2.25. The van der Waals surface area contributed by atoms with E-state index in [1.807, 2.05) is 54.6 Å². The fraction of sp³-hybridized carbons (Fsp3) is 0.105. The monoisotopic (exact) mass is 344 g/mol. The van der Waals surface area contributed by atoms with Crippen LogP contribution in [0.15, 0.2) is 66.9 Å². The third-order valence-electron chi connectivity index (χ3n) is 4.05. The highest BCUT2D eigenvalue weighted by Crippen LogP contribution is 2.13. The van der Waals surface area contributed by atoms with E-state index in [2.05, 4.69) is 25.8 Å². The molecule has 2 heterocycles. The summed E-state index contributed by atoms with van der Waals surface area (Å²) in [5.41, 5.74) is 2.53. The number of pyridine rings is 1. The van der Waals surface area contributed by atoms with E-state index in [1.54, 1.807) is 16.9 Å². The highest BCUT2D eigenvalue weighted by molar-refractivity contribution is 5.97. The summed E-state index contributed by atoms with van der Waals surface area (Å²) in [6, 6.07) is 19.1. The van der Waals surface area contributed by atoms with E-state index < -0.39 is 0 Å². The number of nitrogens with zero attached hydrogens (tertiary/aromatic N) is 5. The van der Waals surface area contributed by atoms with Crippen LogP contribution in [0.25, 0.3) is 10.9 Å². The van der Waals surface area contributed by atoms with Crippen LogP contribution < -0.4 is 5.32 Å². The van der Waals surface area contributed by atoms with Crippen molar-refractivity contribution < 1.29 is 4.79 Å². The maximum Gasteiger partial charge on any atom is 0.251 e. The number of carbonyl (C=O) groups excluding carboxylic acids is 1. The van der Waals surface area contributed by atoms with Crippen molar-refractivity contribution in [3.63, 3.8) is 0 Å². The molecule has 26 heavy (non-hydrogen) atoms. The standard InChI is InChI=1S/C19H16N6O/c26-19(16-8-9-17-15(11-16)7-4-10-20-17)21-12-18-22-23-24-25(18)13-14-5-2-1-3-6-14/h1-11H,12-13H2,(H,21,26). The van der Waals surface area contributed by atoms with Crippen LogP contribution >= 0.6 is 0 Å². The van der Waals surface area contributed by atoms with Gasteiger partial charge in [0, 0.05) is 17.1 Å². The van der Waals surface area contributed by atoms with E-state index >= 15 is 0 Å². The lowest BCUT2D eigenvalue weighted by atomic mass is 10.1. The summed E-state index contributed by atoms with van der Waals surface area (Å²) in [5, 5.41) is 15.5. The minimum atomic E-state index is -0.176. The van der Waals surface area contributed by atoms with Gasteiger partial charge in [-0.2, -0.15) is 0 Å². The third kappa shape index (κ3) is 3.41. The van der Waals surface area contributed by atoms with Crippen molar-refractivity contribution in [3.8, 4) is 0 Å². The molecule has 0 aliphatic heterocycles. The Kier molecular flexibility index (Phi) is 4.34. The van der Waals surface area contributed by atoms with Crippen LogP contribution in [0.1, 0.15) is 21.7 Å². The van der Waals surface area contributed by atoms with Gasteiger partial charge in [-0.05, 0) is 40.3 Å². The molecule has 0 aliphatic carbocycles. The lowest BCUT2D eigenvalue weighted by molar-refractivity contribution is 0.0949. The minimum absolute atomic E-state index is 0.176. The zero-order chi connectivity index (χ0) is 17.8. The van der Waals surface area contributed by atoms with E-state index in [4.69, 9.17) is 0 Å². The summed E-state index contributed by atoms with van der Waals surface area (Å²) >= 11 is 0. The SMILES string of the molecule is O=C(NCc1nnnn1Cc1ccccc1)c1ccc2ncccc2c1. The predicted octanol–water partition coefficient (Wildman–Crippen LogP) is 2.20. The molecule has 4 aromatic rings. The van der Waals surface area contributed by atoms with Crippen molar-refractivity contribution in [2.75, 3.05) is 0 Å². The first-order chi connectivity index (χ1) is 12.8. The number of aromatic nitrogens is 5. The molecule has 4 rings (SSSR count). The molecule has 7 nitrogen and oxygen atoms in total. The molecule has 2 aromatic carbocycles. The van der Waals surface area contributed by atoms with Gasteiger partial charge in [0.25, 0.3) is 5.91 Å². The Labute approximate surface area is 149 Å². The van der Waals surface area contributed by atoms with Crippen molar-refractivity contribution in [2.45, 2.75) is 13.1 Å². The molecule has 0 fully saturated rings. The Morgan fingerprint density at radius 1 is 1.04 bits per heavy atom. The average molecular weight is 344 g/mol. The number of amides is 1. The fourth-order valence-corrected chi connectivity index (χ4v) is 2.71. The minimum Gasteiger partial charge on any atom is -0.345 e. The lowest BCUT2D eigenvalue weighted by Gasteiger charge is -2.07. The Bertz CT molecular complexity index is 1040. The molecule has 0 spiro atoms. The molecule has 0 saturated carbocycles. The van der Waals surface area contributed by atoms with Crippen molar-refractivity contribution in [1.82, 2.24) is 30.5 Å². The third-order valence-corrected chi connectivity index (χ3v) is 4.05. The molecule has 0 unspecified atom stereocenters. The van der Waals surface area contributed by atoms with Gasteiger partial charge in [0.15, 0.2) is 5.82 Å². The van der Waals surface area contributed by atoms with Gasteiger partial charge in [-0.1, -0.05) is 36.4 Å². The van der Waals surface area contributed by atoms with Gasteiger partial charge in [0.2, 0.25) is 0 Å². The van der Waals surface area contributed by atoms with Crippen LogP contribution in [0.2, 0.25) is 0 Å². The molecule has 0 aliphatic rings. The van der Waals surface area contributed by atoms with E-state index in [9.17, 15) is 4.79 Å². The molecule has 1 amide bonds. The van der Waals surface area contributed by atoms with Gasteiger partial charge in [0.05, 0.1) is 18.6 Å². The van der Waals surface area contributed by atoms with Crippen LogP contribution in [0.4, 0.5) is 0 Å². The topological polar surface area (TPSA) is 85.6 Å². The summed E-state index contributed by atoms with van der Waals surface area (Å²) in [7, 11) is 0. The van der Waals surface area contributed by atoms with Gasteiger partial charge >= 0.3 is 0 Å². The van der Waals surface area contributed by atoms with Gasteiger partial charge in [-0.25, -0.2) is 4.68 Å². The summed E-state index contributed by atoms with van der Waals surface area (Å²) in [6.45, 7) is 0.810. The second-order valence-corrected chi connectivity index (χ2v) is 5.83. The smallest absolute Gasteiger partial charge is 0.251 e. The Hall–Kier alpha value is -3.61. The number of tetrazole rings is 1. The van der Waals surface area contributed by atoms with Gasteiger partial charge in [-0.15, -0.1) is 5.10 Å². The van der Waals surface area contributed by atoms with Crippen molar-refractivity contribution in [1.29, 1.82) is 0 Å². The van der Waals surface area contributed by atoms with Crippen molar-refractivity contribution in [2.24, 2.45) is 0 Å². The van der Waals surface area contributed by atoms with Gasteiger partial charge < -0.3 is 5.32 Å². The molecule has 128 valence electrons. The molecule has 1 N–H and O–H groups in total. The second-order valence-electron chi connectivity index (χ2n) is 5.83. The van der Waals surface area contributed by atoms with E-state index in [1.165, 1.54) is 0 Å². The molecular weight excluding hydrogens is 328 g/mol. The highest BCUT2D eigenvalue weighted by Gasteiger charge is 2.11. The quantitative estimate of drug-likeness (QED) is 0.600. The van der Waals surface area contributed by atoms with Gasteiger partial charge in [0.1, 0.15) is 0 Å². The summed E-state index contributed by atoms with van der Waals surface area (Å²) in [4.78, 5) is 16.7. The molecule has 2 aromatic heterocycles. The Morgan fingerprint density at radius 3 is 2.81 bits per heavy atom. The second kappa shape index (κ2) is 7.10. The zero-order valence-electron chi connectivity index (χ0n) is 13.9. The largest absolute Gasteiger partial charge is 0.345 e. The number of fused-ring (bicyclic) bond motifs is 1. The molecule has 0 radical (unpaired) electrons. The van der Waals surface area contributed by atoms with E-state index in [0.29, 0.717) is 17.9 Å². The van der Waals surface area contributed by atoms with E-state index in [-0.39, 0.29) is 12.5 Å². The zero-order valence-corrected chi connectivity index (χ0v) is 13.9. The van der Waals surface area contributed by atoms with Crippen LogP contribution in [0.5, 0.6) is 0 Å². The highest BCUT2D eigenvalue weighted by atomic mass is 16.1. The maximum atomic E-state index is 12.4. The number of carbonyl (C=O) groups is 1. The number of hydrogen-bond donors (Lipinski definition) is 1. The molecular formula is C19H16N6O. The number of benzene rings is 2. The molecule has 7 heteroatoms. The fourth-order valence-electron chi connectivity index (χ4n) is 2.71. The first kappa shape index (κ1) is 15.9. The van der Waals surface area contributed by atoms with Crippen LogP contribution in [-0.4, -0.2) is 31.1 Å². The predicted molar refractivity (Wildman–Crippen MR) is 96.3 cm³/mol. The molecule has 0 bridgehead atoms. The first-order valence-corrected chi connectivity index (χ1v) is 8.21. The summed E-state index contributed by atoms with van der Waals surface area (Å²) < 4.78 is 1.68. The van der Waals surface area contributed by atoms with E-state index in [0.717, 1.165) is 16.5 Å². The van der Waals surface area contributed by atoms with Crippen LogP contribution in [-0.2, 0) is 13.1 Å². The molecule has 0 saturated heterocycles. The Morgan fingerprint density at radius 2 is 1.92 bits per heavy atom. The molecule has 0 atom stereocenters. The van der Waals surface area contributed by atoms with Crippen LogP contribution in [0, 0.1) is 0 Å². The van der Waals surface area contributed by atoms with Crippen molar-refractivity contribution >= 4 is 16.8 Å². The average Bonchev–Trinajstić information content (AvgIpc) is 3.13. The normalized spacial score (nSPS) is 10.8. The Balaban J connectivity index is 1.45. The number of nitrogens with one attached hydrogen (secondary N) is 1. The van der Waals surface area contributed by atoms with Gasteiger partial charge in [-0.3, -0.25) is 9.78 Å². The maximum absolute atomic E-state index is 12.4. The van der Waals surface area contributed by atoms with Crippen molar-refractivity contribution in [3.05, 3.63) is 83.8 Å². The number of rotatable bonds is 5. The first-order valence-electron chi connectivity index (χ1n) is 8.21. The number of hydrogen-bond acceptors (Lipinski definition) is 5.